The molecule has 1 amide bonds. The lowest BCUT2D eigenvalue weighted by Crippen LogP contribution is -2.37. The summed E-state index contributed by atoms with van der Waals surface area (Å²) >= 11 is 0. The molecule has 0 bridgehead atoms. The van der Waals surface area contributed by atoms with Gasteiger partial charge in [0.2, 0.25) is 5.91 Å². The first-order chi connectivity index (χ1) is 10.6. The van der Waals surface area contributed by atoms with Gasteiger partial charge in [0.1, 0.15) is 6.10 Å². The maximum atomic E-state index is 12.2. The highest BCUT2D eigenvalue weighted by Gasteiger charge is 2.36. The van der Waals surface area contributed by atoms with E-state index in [0.717, 1.165) is 11.1 Å². The second-order valence-electron chi connectivity index (χ2n) is 6.07. The number of allylic oxidation sites excluding steroid dienone is 2. The Morgan fingerprint density at radius 2 is 2.00 bits per heavy atom. The third-order valence-corrected chi connectivity index (χ3v) is 4.36. The molecule has 0 saturated heterocycles. The molecule has 0 fully saturated rings. The zero-order valence-corrected chi connectivity index (χ0v) is 12.7. The van der Waals surface area contributed by atoms with E-state index in [1.807, 2.05) is 43.3 Å². The Labute approximate surface area is 130 Å². The number of nitrogens with one attached hydrogen (secondary N) is 1. The summed E-state index contributed by atoms with van der Waals surface area (Å²) in [7, 11) is 0. The van der Waals surface area contributed by atoms with E-state index >= 15 is 0 Å². The van der Waals surface area contributed by atoms with E-state index in [-0.39, 0.29) is 29.9 Å². The molecule has 0 saturated carbocycles. The third kappa shape index (κ3) is 3.06. The molecule has 0 aromatic heterocycles. The highest BCUT2D eigenvalue weighted by molar-refractivity contribution is 5.77. The number of carbonyl (C=O) groups excluding carboxylic acids is 2. The summed E-state index contributed by atoms with van der Waals surface area (Å²) in [6.07, 6.45) is 6.10. The number of ether oxygens (including phenoxy) is 1. The Balaban J connectivity index is 1.87. The number of hydrogen-bond donors (Lipinski definition) is 1. The van der Waals surface area contributed by atoms with Gasteiger partial charge in [-0.15, -0.1) is 0 Å². The standard InChI is InChI=1S/C18H21NO3/c1-12-7-3-2-4-10-16(20)19-17-14-9-6-5-8-13(14)11-15(17)22-18(12)21/h2-3,5-6,8-9,12,15,17H,4,7,10-11H2,1H3,(H,19,20)/t12-,15?,17-/m1/s1. The number of hydrogen-bond acceptors (Lipinski definition) is 3. The molecule has 1 N–H and O–H groups in total. The molecule has 0 spiro atoms. The van der Waals surface area contributed by atoms with E-state index in [1.54, 1.807) is 0 Å². The van der Waals surface area contributed by atoms with Crippen molar-refractivity contribution in [3.8, 4) is 0 Å². The van der Waals surface area contributed by atoms with Crippen LogP contribution in [0, 0.1) is 5.92 Å². The van der Waals surface area contributed by atoms with E-state index in [4.69, 9.17) is 4.74 Å². The van der Waals surface area contributed by atoms with Crippen LogP contribution in [0.2, 0.25) is 0 Å². The quantitative estimate of drug-likeness (QED) is 0.592. The third-order valence-electron chi connectivity index (χ3n) is 4.36. The summed E-state index contributed by atoms with van der Waals surface area (Å²) in [5, 5.41) is 3.04. The van der Waals surface area contributed by atoms with Crippen molar-refractivity contribution in [1.29, 1.82) is 0 Å². The average molecular weight is 299 g/mol. The smallest absolute Gasteiger partial charge is 0.309 e. The molecule has 1 aliphatic heterocycles. The van der Waals surface area contributed by atoms with Crippen molar-refractivity contribution in [1.82, 2.24) is 5.32 Å². The molecule has 3 atom stereocenters. The Bertz CT molecular complexity index is 608. The van der Waals surface area contributed by atoms with Crippen molar-refractivity contribution >= 4 is 11.9 Å². The van der Waals surface area contributed by atoms with Crippen LogP contribution in [0.15, 0.2) is 36.4 Å². The maximum Gasteiger partial charge on any atom is 0.309 e. The highest BCUT2D eigenvalue weighted by atomic mass is 16.5. The number of benzene rings is 1. The fourth-order valence-electron chi connectivity index (χ4n) is 3.08. The van der Waals surface area contributed by atoms with Crippen molar-refractivity contribution in [2.45, 2.75) is 44.8 Å². The summed E-state index contributed by atoms with van der Waals surface area (Å²) in [5.41, 5.74) is 2.21. The highest BCUT2D eigenvalue weighted by Crippen LogP contribution is 2.34. The minimum absolute atomic E-state index is 0.000948. The zero-order chi connectivity index (χ0) is 15.5. The zero-order valence-electron chi connectivity index (χ0n) is 12.7. The molecule has 4 nitrogen and oxygen atoms in total. The number of esters is 1. The van der Waals surface area contributed by atoms with Gasteiger partial charge in [0.25, 0.3) is 0 Å². The van der Waals surface area contributed by atoms with Crippen molar-refractivity contribution in [3.05, 3.63) is 47.5 Å². The van der Waals surface area contributed by atoms with Crippen LogP contribution >= 0.6 is 0 Å². The molecule has 2 aliphatic rings. The number of fused-ring (bicyclic) bond motifs is 3. The first-order valence-corrected chi connectivity index (χ1v) is 7.88. The van der Waals surface area contributed by atoms with Gasteiger partial charge in [-0.3, -0.25) is 9.59 Å². The minimum atomic E-state index is -0.306. The minimum Gasteiger partial charge on any atom is -0.459 e. The van der Waals surface area contributed by atoms with Gasteiger partial charge in [0.05, 0.1) is 12.0 Å². The number of amides is 1. The molecule has 3 rings (SSSR count). The van der Waals surface area contributed by atoms with Crippen molar-refractivity contribution < 1.29 is 14.3 Å². The van der Waals surface area contributed by atoms with E-state index in [2.05, 4.69) is 5.32 Å². The summed E-state index contributed by atoms with van der Waals surface area (Å²) in [4.78, 5) is 24.3. The van der Waals surface area contributed by atoms with E-state index in [9.17, 15) is 9.59 Å². The Morgan fingerprint density at radius 3 is 2.86 bits per heavy atom. The molecular weight excluding hydrogens is 278 g/mol. The van der Waals surface area contributed by atoms with Gasteiger partial charge in [-0.05, 0) is 24.0 Å². The molecule has 1 aromatic rings. The molecule has 1 heterocycles. The van der Waals surface area contributed by atoms with Crippen molar-refractivity contribution in [3.63, 3.8) is 0 Å². The predicted molar refractivity (Wildman–Crippen MR) is 83.1 cm³/mol. The van der Waals surface area contributed by atoms with Crippen LogP contribution in [0.25, 0.3) is 0 Å². The SMILES string of the molecule is C[C@@H]1CC=CCCC(=O)N[C@@H]2c3ccccc3CC2OC1=O. The number of carbonyl (C=O) groups is 2. The van der Waals surface area contributed by atoms with Gasteiger partial charge in [-0.2, -0.15) is 0 Å². The summed E-state index contributed by atoms with van der Waals surface area (Å²) < 4.78 is 5.70. The molecule has 116 valence electrons. The Hall–Kier alpha value is -2.10. The summed E-state index contributed by atoms with van der Waals surface area (Å²) in [5.74, 6) is -0.348. The summed E-state index contributed by atoms with van der Waals surface area (Å²) in [6.45, 7) is 1.88. The molecule has 1 aromatic carbocycles. The van der Waals surface area contributed by atoms with Crippen LogP contribution in [-0.4, -0.2) is 18.0 Å². The van der Waals surface area contributed by atoms with Crippen LogP contribution in [0.5, 0.6) is 0 Å². The lowest BCUT2D eigenvalue weighted by Gasteiger charge is -2.24. The van der Waals surface area contributed by atoms with Gasteiger partial charge in [0.15, 0.2) is 0 Å². The van der Waals surface area contributed by atoms with Crippen LogP contribution in [0.3, 0.4) is 0 Å². The second-order valence-corrected chi connectivity index (χ2v) is 6.07. The molecular formula is C18H21NO3. The average Bonchev–Trinajstić information content (AvgIpc) is 2.83. The lowest BCUT2D eigenvalue weighted by atomic mass is 10.1. The normalized spacial score (nSPS) is 28.7. The van der Waals surface area contributed by atoms with Crippen LogP contribution in [0.1, 0.15) is 43.4 Å². The van der Waals surface area contributed by atoms with E-state index in [1.165, 1.54) is 0 Å². The van der Waals surface area contributed by atoms with E-state index < -0.39 is 0 Å². The van der Waals surface area contributed by atoms with Crippen molar-refractivity contribution in [2.75, 3.05) is 0 Å². The topological polar surface area (TPSA) is 55.4 Å². The second kappa shape index (κ2) is 6.34. The largest absolute Gasteiger partial charge is 0.459 e. The van der Waals surface area contributed by atoms with Gasteiger partial charge >= 0.3 is 5.97 Å². The van der Waals surface area contributed by atoms with Crippen molar-refractivity contribution in [2.24, 2.45) is 5.92 Å². The molecule has 4 heteroatoms. The fraction of sp³-hybridized carbons (Fsp3) is 0.444. The number of rotatable bonds is 0. The Kier molecular flexibility index (Phi) is 4.27. The Morgan fingerprint density at radius 1 is 1.18 bits per heavy atom. The van der Waals surface area contributed by atoms with Gasteiger partial charge in [-0.1, -0.05) is 43.3 Å². The first-order valence-electron chi connectivity index (χ1n) is 7.88. The summed E-state index contributed by atoms with van der Waals surface area (Å²) in [6, 6.07) is 7.73. The van der Waals surface area contributed by atoms with Crippen LogP contribution < -0.4 is 5.32 Å². The first kappa shape index (κ1) is 14.8. The molecule has 0 radical (unpaired) electrons. The van der Waals surface area contributed by atoms with Gasteiger partial charge in [0, 0.05) is 12.8 Å². The fourth-order valence-corrected chi connectivity index (χ4v) is 3.08. The molecule has 1 aliphatic carbocycles. The van der Waals surface area contributed by atoms with Crippen LogP contribution in [-0.2, 0) is 20.7 Å². The lowest BCUT2D eigenvalue weighted by molar-refractivity contribution is -0.155. The predicted octanol–water partition coefficient (Wildman–Crippen LogP) is 2.69. The molecule has 22 heavy (non-hydrogen) atoms. The van der Waals surface area contributed by atoms with E-state index in [0.29, 0.717) is 25.7 Å². The monoisotopic (exact) mass is 299 g/mol. The van der Waals surface area contributed by atoms with Gasteiger partial charge < -0.3 is 10.1 Å². The van der Waals surface area contributed by atoms with Gasteiger partial charge in [-0.25, -0.2) is 0 Å². The maximum absolute atomic E-state index is 12.2. The van der Waals surface area contributed by atoms with Crippen LogP contribution in [0.4, 0.5) is 0 Å². The molecule has 1 unspecified atom stereocenters.